The number of hydrogen-bond acceptors (Lipinski definition) is 4. The van der Waals surface area contributed by atoms with Gasteiger partial charge in [-0.15, -0.1) is 0 Å². The molecule has 1 unspecified atom stereocenters. The lowest BCUT2D eigenvalue weighted by molar-refractivity contribution is -0.384. The number of nitrogens with zero attached hydrogens (tertiary/aromatic N) is 2. The number of benzene rings is 1. The molecule has 1 amide bonds. The second-order valence-electron chi connectivity index (χ2n) is 4.91. The van der Waals surface area contributed by atoms with E-state index in [0.29, 0.717) is 6.42 Å². The fourth-order valence-electron chi connectivity index (χ4n) is 2.15. The van der Waals surface area contributed by atoms with Gasteiger partial charge in [-0.05, 0) is 24.6 Å². The van der Waals surface area contributed by atoms with Crippen LogP contribution in [0.1, 0.15) is 28.6 Å². The van der Waals surface area contributed by atoms with Crippen molar-refractivity contribution < 1.29 is 14.8 Å². The van der Waals surface area contributed by atoms with Gasteiger partial charge in [-0.2, -0.15) is 0 Å². The Kier molecular flexibility index (Phi) is 4.90. The van der Waals surface area contributed by atoms with E-state index in [1.807, 2.05) is 29.9 Å². The number of nitro groups is 1. The molecule has 0 saturated carbocycles. The van der Waals surface area contributed by atoms with E-state index in [1.54, 1.807) is 0 Å². The normalized spacial score (nSPS) is 11.9. The van der Waals surface area contributed by atoms with Crippen LogP contribution in [-0.2, 0) is 7.05 Å². The molecule has 0 aliphatic heterocycles. The van der Waals surface area contributed by atoms with Gasteiger partial charge in [0, 0.05) is 43.2 Å². The van der Waals surface area contributed by atoms with Crippen LogP contribution >= 0.6 is 0 Å². The smallest absolute Gasteiger partial charge is 0.270 e. The number of aliphatic hydroxyl groups is 1. The summed E-state index contributed by atoms with van der Waals surface area (Å²) in [5.41, 5.74) is 0.864. The van der Waals surface area contributed by atoms with Crippen LogP contribution in [0.15, 0.2) is 42.6 Å². The first kappa shape index (κ1) is 15.7. The van der Waals surface area contributed by atoms with Crippen molar-refractivity contribution in [1.29, 1.82) is 0 Å². The first-order chi connectivity index (χ1) is 10.5. The minimum atomic E-state index is -0.676. The molecule has 1 heterocycles. The third-order valence-corrected chi connectivity index (χ3v) is 3.35. The van der Waals surface area contributed by atoms with Crippen molar-refractivity contribution in [2.45, 2.75) is 12.5 Å². The molecule has 0 spiro atoms. The summed E-state index contributed by atoms with van der Waals surface area (Å²) in [5, 5.41) is 23.4. The molecular weight excluding hydrogens is 286 g/mol. The number of nitro benzene ring substituents is 1. The minimum absolute atomic E-state index is 0.128. The van der Waals surface area contributed by atoms with Gasteiger partial charge in [0.2, 0.25) is 0 Å². The minimum Gasteiger partial charge on any atom is -0.387 e. The Hall–Kier alpha value is -2.67. The van der Waals surface area contributed by atoms with Crippen molar-refractivity contribution in [3.63, 3.8) is 0 Å². The molecule has 1 atom stereocenters. The van der Waals surface area contributed by atoms with Gasteiger partial charge in [-0.25, -0.2) is 0 Å². The van der Waals surface area contributed by atoms with E-state index in [1.165, 1.54) is 24.3 Å². The Morgan fingerprint density at radius 2 is 2.18 bits per heavy atom. The molecular formula is C15H17N3O4. The Bertz CT molecular complexity index is 681. The van der Waals surface area contributed by atoms with Crippen molar-refractivity contribution in [1.82, 2.24) is 9.88 Å². The zero-order chi connectivity index (χ0) is 16.1. The number of rotatable bonds is 6. The summed E-state index contributed by atoms with van der Waals surface area (Å²) in [6.45, 7) is 0.272. The zero-order valence-corrected chi connectivity index (χ0v) is 12.1. The SMILES string of the molecule is Cn1cccc1C(O)CCNC(=O)c1cccc([N+](=O)[O-])c1. The zero-order valence-electron chi connectivity index (χ0n) is 12.1. The standard InChI is InChI=1S/C15H17N3O4/c1-17-9-3-6-13(17)14(19)7-8-16-15(20)11-4-2-5-12(10-11)18(21)22/h2-6,9-10,14,19H,7-8H2,1H3,(H,16,20). The van der Waals surface area contributed by atoms with Gasteiger partial charge in [0.1, 0.15) is 0 Å². The number of aryl methyl sites for hydroxylation is 1. The molecule has 0 fully saturated rings. The second-order valence-corrected chi connectivity index (χ2v) is 4.91. The quantitative estimate of drug-likeness (QED) is 0.628. The predicted molar refractivity (Wildman–Crippen MR) is 80.4 cm³/mol. The lowest BCUT2D eigenvalue weighted by Crippen LogP contribution is -2.26. The van der Waals surface area contributed by atoms with Crippen LogP contribution in [0.4, 0.5) is 5.69 Å². The average Bonchev–Trinajstić information content (AvgIpc) is 2.93. The highest BCUT2D eigenvalue weighted by Gasteiger charge is 2.13. The van der Waals surface area contributed by atoms with Crippen molar-refractivity contribution in [2.75, 3.05) is 6.54 Å². The Morgan fingerprint density at radius 3 is 2.82 bits per heavy atom. The number of amides is 1. The molecule has 2 aromatic rings. The Morgan fingerprint density at radius 1 is 1.41 bits per heavy atom. The number of carbonyl (C=O) groups is 1. The molecule has 0 aliphatic rings. The van der Waals surface area contributed by atoms with Gasteiger partial charge in [0.15, 0.2) is 0 Å². The lowest BCUT2D eigenvalue weighted by atomic mass is 10.1. The number of carbonyl (C=O) groups excluding carboxylic acids is 1. The second kappa shape index (κ2) is 6.86. The highest BCUT2D eigenvalue weighted by atomic mass is 16.6. The summed E-state index contributed by atoms with van der Waals surface area (Å²) < 4.78 is 1.81. The maximum atomic E-state index is 11.9. The Labute approximate surface area is 127 Å². The van der Waals surface area contributed by atoms with Crippen molar-refractivity contribution in [3.8, 4) is 0 Å². The molecule has 7 nitrogen and oxygen atoms in total. The summed E-state index contributed by atoms with van der Waals surface area (Å²) in [6.07, 6.45) is 1.52. The Balaban J connectivity index is 1.89. The maximum absolute atomic E-state index is 11.9. The van der Waals surface area contributed by atoms with Crippen LogP contribution in [0.25, 0.3) is 0 Å². The molecule has 0 saturated heterocycles. The summed E-state index contributed by atoms with van der Waals surface area (Å²) in [6, 6.07) is 9.17. The van der Waals surface area contributed by atoms with E-state index in [9.17, 15) is 20.0 Å². The van der Waals surface area contributed by atoms with Crippen molar-refractivity contribution in [3.05, 3.63) is 64.0 Å². The average molecular weight is 303 g/mol. The van der Waals surface area contributed by atoms with E-state index < -0.39 is 16.9 Å². The molecule has 0 aliphatic carbocycles. The molecule has 116 valence electrons. The first-order valence-electron chi connectivity index (χ1n) is 6.81. The molecule has 7 heteroatoms. The molecule has 0 radical (unpaired) electrons. The van der Waals surface area contributed by atoms with Gasteiger partial charge in [0.05, 0.1) is 11.0 Å². The van der Waals surface area contributed by atoms with E-state index in [2.05, 4.69) is 5.32 Å². The first-order valence-corrected chi connectivity index (χ1v) is 6.81. The van der Waals surface area contributed by atoms with E-state index in [-0.39, 0.29) is 17.8 Å². The molecule has 22 heavy (non-hydrogen) atoms. The van der Waals surface area contributed by atoms with Crippen LogP contribution < -0.4 is 5.32 Å². The molecule has 2 N–H and O–H groups in total. The van der Waals surface area contributed by atoms with Gasteiger partial charge in [-0.1, -0.05) is 6.07 Å². The van der Waals surface area contributed by atoms with Gasteiger partial charge in [0.25, 0.3) is 11.6 Å². The van der Waals surface area contributed by atoms with Crippen molar-refractivity contribution >= 4 is 11.6 Å². The topological polar surface area (TPSA) is 97.4 Å². The van der Waals surface area contributed by atoms with Gasteiger partial charge in [-0.3, -0.25) is 14.9 Å². The van der Waals surface area contributed by atoms with Crippen LogP contribution in [-0.4, -0.2) is 27.0 Å². The van der Waals surface area contributed by atoms with E-state index in [4.69, 9.17) is 0 Å². The van der Waals surface area contributed by atoms with Gasteiger partial charge >= 0.3 is 0 Å². The highest BCUT2D eigenvalue weighted by molar-refractivity contribution is 5.94. The van der Waals surface area contributed by atoms with Crippen LogP contribution in [0.5, 0.6) is 0 Å². The monoisotopic (exact) mass is 303 g/mol. The fourth-order valence-corrected chi connectivity index (χ4v) is 2.15. The number of hydrogen-bond donors (Lipinski definition) is 2. The summed E-state index contributed by atoms with van der Waals surface area (Å²) >= 11 is 0. The molecule has 1 aromatic heterocycles. The third-order valence-electron chi connectivity index (χ3n) is 3.35. The van der Waals surface area contributed by atoms with Crippen LogP contribution in [0.3, 0.4) is 0 Å². The molecule has 0 bridgehead atoms. The van der Waals surface area contributed by atoms with E-state index in [0.717, 1.165) is 5.69 Å². The van der Waals surface area contributed by atoms with Crippen molar-refractivity contribution in [2.24, 2.45) is 7.05 Å². The highest BCUT2D eigenvalue weighted by Crippen LogP contribution is 2.16. The number of aromatic nitrogens is 1. The van der Waals surface area contributed by atoms with Crippen LogP contribution in [0.2, 0.25) is 0 Å². The molecule has 1 aromatic carbocycles. The largest absolute Gasteiger partial charge is 0.387 e. The van der Waals surface area contributed by atoms with Gasteiger partial charge < -0.3 is 15.0 Å². The lowest BCUT2D eigenvalue weighted by Gasteiger charge is -2.12. The molecule has 2 rings (SSSR count). The summed E-state index contributed by atoms with van der Waals surface area (Å²) in [5.74, 6) is -0.400. The van der Waals surface area contributed by atoms with E-state index >= 15 is 0 Å². The third kappa shape index (κ3) is 3.70. The fraction of sp³-hybridized carbons (Fsp3) is 0.267. The summed E-state index contributed by atoms with van der Waals surface area (Å²) in [4.78, 5) is 22.1. The number of nitrogens with one attached hydrogen (secondary N) is 1. The maximum Gasteiger partial charge on any atom is 0.270 e. The summed E-state index contributed by atoms with van der Waals surface area (Å²) in [7, 11) is 1.83. The predicted octanol–water partition coefficient (Wildman–Crippen LogP) is 1.79. The number of non-ortho nitro benzene ring substituents is 1. The number of aliphatic hydroxyl groups excluding tert-OH is 1. The van der Waals surface area contributed by atoms with Crippen LogP contribution in [0, 0.1) is 10.1 Å².